The highest BCUT2D eigenvalue weighted by Gasteiger charge is 2.49. The van der Waals surface area contributed by atoms with Crippen molar-refractivity contribution >= 4 is 46.4 Å². The second-order valence-corrected chi connectivity index (χ2v) is 13.2. The predicted molar refractivity (Wildman–Crippen MR) is 177 cm³/mol. The first-order valence-corrected chi connectivity index (χ1v) is 16.1. The fraction of sp³-hybridized carbons (Fsp3) is 0.353. The zero-order valence-electron chi connectivity index (χ0n) is 26.5. The molecule has 1 aliphatic heterocycles. The standard InChI is InChI=1S/C34H33Cl2N3O10/c1-13-28(40)20(37)10-23(48-13)49-22-12-34(46,14(2)38-39-33(45)15-7-8-18(35)19(36)9-15)11-17-25(22)32(44)27-26(30(17)42)29(41)16-5-4-6-21(47-3)24(16)31(27)43/h4-9,13,20,22-23,28,40,42,44,46H,10-12,37H2,1-3H3,(H,39,45)/t13?,20?,22-,23?,28?,34-/m0/s1. The molecular formula is C34H33Cl2N3O10. The number of hydrogen-bond donors (Lipinski definition) is 6. The molecule has 15 heteroatoms. The Hall–Kier alpha value is -4.08. The molecule has 6 rings (SSSR count). The number of nitrogens with two attached hydrogens (primary N) is 1. The Labute approximate surface area is 290 Å². The summed E-state index contributed by atoms with van der Waals surface area (Å²) in [7, 11) is 1.33. The molecule has 3 aliphatic rings. The monoisotopic (exact) mass is 713 g/mol. The molecule has 2 aliphatic carbocycles. The Balaban J connectivity index is 1.44. The molecule has 49 heavy (non-hydrogen) atoms. The average molecular weight is 715 g/mol. The van der Waals surface area contributed by atoms with Gasteiger partial charge in [-0.2, -0.15) is 5.10 Å². The molecule has 0 saturated carbocycles. The largest absolute Gasteiger partial charge is 0.507 e. The minimum absolute atomic E-state index is 0.0145. The van der Waals surface area contributed by atoms with Crippen LogP contribution in [0.3, 0.4) is 0 Å². The van der Waals surface area contributed by atoms with Crippen molar-refractivity contribution in [3.05, 3.63) is 85.4 Å². The number of aliphatic hydroxyl groups excluding tert-OH is 1. The molecule has 0 aromatic heterocycles. The van der Waals surface area contributed by atoms with E-state index in [2.05, 4.69) is 10.5 Å². The van der Waals surface area contributed by atoms with E-state index < -0.39 is 82.8 Å². The highest BCUT2D eigenvalue weighted by atomic mass is 35.5. The fourth-order valence-electron chi connectivity index (χ4n) is 6.61. The number of nitrogens with one attached hydrogen (secondary N) is 1. The number of aliphatic hydroxyl groups is 2. The van der Waals surface area contributed by atoms with E-state index in [9.17, 15) is 34.8 Å². The summed E-state index contributed by atoms with van der Waals surface area (Å²) in [5, 5.41) is 50.4. The number of ether oxygens (including phenoxy) is 3. The number of aromatic hydroxyl groups is 2. The van der Waals surface area contributed by atoms with E-state index in [1.165, 1.54) is 50.4 Å². The van der Waals surface area contributed by atoms with Gasteiger partial charge in [-0.3, -0.25) is 14.4 Å². The van der Waals surface area contributed by atoms with E-state index in [-0.39, 0.29) is 62.2 Å². The normalized spacial score (nSPS) is 26.4. The Morgan fingerprint density at radius 1 is 1.08 bits per heavy atom. The first-order chi connectivity index (χ1) is 23.2. The molecule has 1 heterocycles. The van der Waals surface area contributed by atoms with Crippen molar-refractivity contribution in [1.82, 2.24) is 5.43 Å². The van der Waals surface area contributed by atoms with Crippen molar-refractivity contribution < 1.29 is 49.0 Å². The van der Waals surface area contributed by atoms with Crippen LogP contribution in [0.1, 0.15) is 86.1 Å². The van der Waals surface area contributed by atoms with E-state index in [1.807, 2.05) is 0 Å². The third-order valence-corrected chi connectivity index (χ3v) is 10.1. The number of benzene rings is 3. The number of rotatable bonds is 6. The van der Waals surface area contributed by atoms with Crippen molar-refractivity contribution in [2.75, 3.05) is 7.11 Å². The maximum absolute atomic E-state index is 13.9. The molecule has 1 saturated heterocycles. The maximum Gasteiger partial charge on any atom is 0.271 e. The van der Waals surface area contributed by atoms with Crippen LogP contribution in [0.15, 0.2) is 41.5 Å². The summed E-state index contributed by atoms with van der Waals surface area (Å²) in [4.78, 5) is 40.6. The minimum Gasteiger partial charge on any atom is -0.507 e. The lowest BCUT2D eigenvalue weighted by molar-refractivity contribution is -0.245. The second kappa shape index (κ2) is 13.0. The van der Waals surface area contributed by atoms with Gasteiger partial charge in [0.15, 0.2) is 12.1 Å². The van der Waals surface area contributed by atoms with Crippen molar-refractivity contribution in [1.29, 1.82) is 0 Å². The topological polar surface area (TPSA) is 210 Å². The van der Waals surface area contributed by atoms with Crippen LogP contribution in [-0.4, -0.2) is 80.9 Å². The van der Waals surface area contributed by atoms with E-state index in [0.29, 0.717) is 0 Å². The molecule has 0 bridgehead atoms. The van der Waals surface area contributed by atoms with Gasteiger partial charge in [0.2, 0.25) is 5.78 Å². The van der Waals surface area contributed by atoms with E-state index in [0.717, 1.165) is 0 Å². The molecule has 7 N–H and O–H groups in total. The lowest BCUT2D eigenvalue weighted by atomic mass is 9.71. The van der Waals surface area contributed by atoms with Gasteiger partial charge in [-0.1, -0.05) is 35.3 Å². The van der Waals surface area contributed by atoms with Gasteiger partial charge in [0, 0.05) is 47.6 Å². The molecule has 3 aromatic carbocycles. The number of hydrogen-bond acceptors (Lipinski definition) is 12. The van der Waals surface area contributed by atoms with Crippen LogP contribution in [0.2, 0.25) is 10.0 Å². The fourth-order valence-corrected chi connectivity index (χ4v) is 6.90. The highest BCUT2D eigenvalue weighted by molar-refractivity contribution is 6.42. The minimum atomic E-state index is -1.94. The van der Waals surface area contributed by atoms with Crippen molar-refractivity contribution in [3.63, 3.8) is 0 Å². The van der Waals surface area contributed by atoms with Crippen LogP contribution in [0.25, 0.3) is 0 Å². The Morgan fingerprint density at radius 2 is 1.80 bits per heavy atom. The molecule has 0 radical (unpaired) electrons. The number of fused-ring (bicyclic) bond motifs is 3. The SMILES string of the molecule is COc1cccc2c1C(=O)c1c(O)c3c(c(O)c1C2=O)C[C@@](O)(C(C)=NNC(=O)c1ccc(Cl)c(Cl)c1)C[C@@H]3OC1CC(N)C(O)C(C)O1. The van der Waals surface area contributed by atoms with Crippen LogP contribution in [-0.2, 0) is 15.9 Å². The smallest absolute Gasteiger partial charge is 0.271 e. The number of methoxy groups -OCH3 is 1. The van der Waals surface area contributed by atoms with Gasteiger partial charge in [-0.25, -0.2) is 5.43 Å². The van der Waals surface area contributed by atoms with Crippen LogP contribution >= 0.6 is 23.2 Å². The highest BCUT2D eigenvalue weighted by Crippen LogP contribution is 2.52. The predicted octanol–water partition coefficient (Wildman–Crippen LogP) is 3.55. The van der Waals surface area contributed by atoms with Gasteiger partial charge in [0.25, 0.3) is 5.91 Å². The van der Waals surface area contributed by atoms with E-state index in [4.69, 9.17) is 43.1 Å². The van der Waals surface area contributed by atoms with Gasteiger partial charge < -0.3 is 40.4 Å². The average Bonchev–Trinajstić information content (AvgIpc) is 3.06. The molecule has 258 valence electrons. The molecule has 0 spiro atoms. The summed E-state index contributed by atoms with van der Waals surface area (Å²) >= 11 is 12.0. The summed E-state index contributed by atoms with van der Waals surface area (Å²) in [6.45, 7) is 3.04. The van der Waals surface area contributed by atoms with Gasteiger partial charge in [-0.15, -0.1) is 0 Å². The lowest BCUT2D eigenvalue weighted by Crippen LogP contribution is -2.52. The molecule has 1 amide bonds. The van der Waals surface area contributed by atoms with Crippen LogP contribution in [0.5, 0.6) is 17.2 Å². The quantitative estimate of drug-likeness (QED) is 0.0966. The first kappa shape index (κ1) is 34.8. The van der Waals surface area contributed by atoms with Crippen LogP contribution in [0, 0.1) is 0 Å². The molecule has 4 unspecified atom stereocenters. The number of nitrogens with zero attached hydrogens (tertiary/aromatic N) is 1. The molecule has 13 nitrogen and oxygen atoms in total. The Bertz CT molecular complexity index is 1920. The third kappa shape index (κ3) is 5.95. The summed E-state index contributed by atoms with van der Waals surface area (Å²) in [5.41, 5.74) is 5.55. The van der Waals surface area contributed by atoms with Crippen molar-refractivity contribution in [2.45, 2.75) is 69.4 Å². The zero-order valence-corrected chi connectivity index (χ0v) is 28.0. The number of halogens is 2. The number of hydrazone groups is 1. The number of amides is 1. The maximum atomic E-state index is 13.9. The number of phenols is 2. The van der Waals surface area contributed by atoms with Gasteiger partial charge >= 0.3 is 0 Å². The van der Waals surface area contributed by atoms with Crippen LogP contribution in [0.4, 0.5) is 0 Å². The van der Waals surface area contributed by atoms with E-state index >= 15 is 0 Å². The third-order valence-electron chi connectivity index (χ3n) is 9.32. The Kier molecular flexibility index (Phi) is 9.22. The van der Waals surface area contributed by atoms with Gasteiger partial charge in [-0.05, 0) is 38.1 Å². The molecular weight excluding hydrogens is 681 g/mol. The first-order valence-electron chi connectivity index (χ1n) is 15.3. The van der Waals surface area contributed by atoms with E-state index in [1.54, 1.807) is 6.92 Å². The second-order valence-electron chi connectivity index (χ2n) is 12.3. The number of carbonyl (C=O) groups excluding carboxylic acids is 3. The van der Waals surface area contributed by atoms with Crippen molar-refractivity contribution in [3.8, 4) is 17.2 Å². The lowest BCUT2D eigenvalue weighted by Gasteiger charge is -2.42. The summed E-state index contributed by atoms with van der Waals surface area (Å²) < 4.78 is 17.5. The summed E-state index contributed by atoms with van der Waals surface area (Å²) in [6, 6.07) is 7.92. The summed E-state index contributed by atoms with van der Waals surface area (Å²) in [6.07, 6.45) is -4.71. The van der Waals surface area contributed by atoms with Crippen molar-refractivity contribution in [2.24, 2.45) is 10.8 Å². The van der Waals surface area contributed by atoms with Gasteiger partial charge in [0.05, 0.1) is 57.9 Å². The number of phenolic OH excluding ortho intramolecular Hbond substituents is 2. The zero-order chi connectivity index (χ0) is 35.5. The molecule has 3 aromatic rings. The Morgan fingerprint density at radius 3 is 2.47 bits per heavy atom. The molecule has 1 fully saturated rings. The number of ketones is 2. The molecule has 6 atom stereocenters. The van der Waals surface area contributed by atoms with Gasteiger partial charge in [0.1, 0.15) is 22.8 Å². The summed E-state index contributed by atoms with van der Waals surface area (Å²) in [5.74, 6) is -3.32. The van der Waals surface area contributed by atoms with Crippen LogP contribution < -0.4 is 15.9 Å². The number of carbonyl (C=O) groups is 3.